The first-order valence-electron chi connectivity index (χ1n) is 21.4. The Balaban J connectivity index is 1.15. The molecule has 0 saturated heterocycles. The highest BCUT2D eigenvalue weighted by Gasteiger charge is 2.21. The monoisotopic (exact) mass is 783 g/mol. The molecule has 0 aliphatic carbocycles. The van der Waals surface area contributed by atoms with Gasteiger partial charge in [-0.2, -0.15) is 0 Å². The highest BCUT2D eigenvalue weighted by Crippen LogP contribution is 2.48. The maximum absolute atomic E-state index is 5.45. The molecule has 1 nitrogen and oxygen atoms in total. The largest absolute Gasteiger partial charge is 0.247 e. The minimum absolute atomic E-state index is 0.999. The first-order chi connectivity index (χ1) is 30.7. The van der Waals surface area contributed by atoms with Gasteiger partial charge in [-0.1, -0.05) is 188 Å². The third-order valence-corrected chi connectivity index (χ3v) is 13.1. The van der Waals surface area contributed by atoms with E-state index in [9.17, 15) is 0 Å². The van der Waals surface area contributed by atoms with Crippen molar-refractivity contribution in [3.8, 4) is 44.6 Å². The van der Waals surface area contributed by atoms with Crippen LogP contribution in [0.25, 0.3) is 131 Å². The van der Waals surface area contributed by atoms with Crippen molar-refractivity contribution in [3.05, 3.63) is 224 Å². The van der Waals surface area contributed by atoms with Crippen LogP contribution in [-0.4, -0.2) is 4.98 Å². The van der Waals surface area contributed by atoms with Crippen LogP contribution in [0.5, 0.6) is 0 Å². The average Bonchev–Trinajstić information content (AvgIpc) is 3.34. The van der Waals surface area contributed by atoms with E-state index in [1.807, 2.05) is 0 Å². The molecule has 0 radical (unpaired) electrons. The first-order valence-corrected chi connectivity index (χ1v) is 21.4. The molecular weight excluding hydrogens is 747 g/mol. The zero-order chi connectivity index (χ0) is 40.7. The molecule has 1 aromatic heterocycles. The van der Waals surface area contributed by atoms with Crippen molar-refractivity contribution in [1.29, 1.82) is 0 Å². The molecule has 0 atom stereocenters. The molecule has 0 aliphatic heterocycles. The third-order valence-electron chi connectivity index (χ3n) is 13.1. The van der Waals surface area contributed by atoms with Gasteiger partial charge in [0.05, 0.1) is 11.2 Å². The van der Waals surface area contributed by atoms with E-state index in [1.165, 1.54) is 109 Å². The number of hydrogen-bond donors (Lipinski definition) is 0. The van der Waals surface area contributed by atoms with E-state index < -0.39 is 0 Å². The topological polar surface area (TPSA) is 12.9 Å². The van der Waals surface area contributed by atoms with Crippen LogP contribution in [-0.2, 0) is 0 Å². The molecule has 12 aromatic carbocycles. The maximum atomic E-state index is 5.45. The zero-order valence-electron chi connectivity index (χ0n) is 33.8. The molecule has 0 amide bonds. The van der Waals surface area contributed by atoms with E-state index in [0.717, 1.165) is 22.2 Å². The van der Waals surface area contributed by atoms with Crippen LogP contribution in [0.2, 0.25) is 0 Å². The molecule has 0 saturated carbocycles. The van der Waals surface area contributed by atoms with Gasteiger partial charge in [0.25, 0.3) is 0 Å². The summed E-state index contributed by atoms with van der Waals surface area (Å²) < 4.78 is 0. The van der Waals surface area contributed by atoms with E-state index in [-0.39, 0.29) is 0 Å². The Bertz CT molecular complexity index is 3990. The maximum Gasteiger partial charge on any atom is 0.0788 e. The minimum atomic E-state index is 0.999. The minimum Gasteiger partial charge on any atom is -0.247 e. The van der Waals surface area contributed by atoms with Crippen molar-refractivity contribution in [2.24, 2.45) is 0 Å². The Labute approximate surface area is 358 Å². The van der Waals surface area contributed by atoms with Crippen LogP contribution in [0.1, 0.15) is 0 Å². The van der Waals surface area contributed by atoms with Gasteiger partial charge in [-0.25, -0.2) is 4.98 Å². The summed E-state index contributed by atoms with van der Waals surface area (Å²) in [6, 6.07) is 82.8. The fourth-order valence-electron chi connectivity index (χ4n) is 10.3. The van der Waals surface area contributed by atoms with Crippen LogP contribution >= 0.6 is 0 Å². The Morgan fingerprint density at radius 1 is 0.242 bits per heavy atom. The molecule has 1 heteroatoms. The summed E-state index contributed by atoms with van der Waals surface area (Å²) in [5.74, 6) is 0. The predicted octanol–water partition coefficient (Wildman–Crippen LogP) is 17.0. The summed E-state index contributed by atoms with van der Waals surface area (Å²) in [6.45, 7) is 0. The highest BCUT2D eigenvalue weighted by molar-refractivity contribution is 6.27. The van der Waals surface area contributed by atoms with Gasteiger partial charge in [0.1, 0.15) is 0 Å². The lowest BCUT2D eigenvalue weighted by Crippen LogP contribution is -1.94. The van der Waals surface area contributed by atoms with Crippen molar-refractivity contribution >= 4 is 86.3 Å². The van der Waals surface area contributed by atoms with Gasteiger partial charge in [-0.15, -0.1) is 0 Å². The highest BCUT2D eigenvalue weighted by atomic mass is 14.7. The lowest BCUT2D eigenvalue weighted by atomic mass is 9.83. The molecule has 0 fully saturated rings. The van der Waals surface area contributed by atoms with Crippen molar-refractivity contribution < 1.29 is 0 Å². The molecule has 286 valence electrons. The van der Waals surface area contributed by atoms with E-state index in [4.69, 9.17) is 4.98 Å². The average molecular weight is 784 g/mol. The number of benzene rings is 12. The second-order valence-corrected chi connectivity index (χ2v) is 16.6. The van der Waals surface area contributed by atoms with Crippen LogP contribution in [0, 0.1) is 0 Å². The Kier molecular flexibility index (Phi) is 7.67. The Morgan fingerprint density at radius 3 is 1.29 bits per heavy atom. The summed E-state index contributed by atoms with van der Waals surface area (Å²) in [5, 5.41) is 18.4. The number of fused-ring (bicyclic) bond motifs is 10. The lowest BCUT2D eigenvalue weighted by molar-refractivity contribution is 1.43. The quantitative estimate of drug-likeness (QED) is 0.128. The molecule has 0 unspecified atom stereocenters. The fraction of sp³-hybridized carbons (Fsp3) is 0. The second-order valence-electron chi connectivity index (χ2n) is 16.6. The van der Waals surface area contributed by atoms with Gasteiger partial charge in [-0.05, 0) is 134 Å². The fourth-order valence-corrected chi connectivity index (χ4v) is 10.3. The van der Waals surface area contributed by atoms with Crippen molar-refractivity contribution in [2.45, 2.75) is 0 Å². The normalized spacial score (nSPS) is 11.9. The molecule has 0 spiro atoms. The molecular formula is C61H37N. The van der Waals surface area contributed by atoms with Crippen LogP contribution in [0.4, 0.5) is 0 Å². The summed E-state index contributed by atoms with van der Waals surface area (Å²) in [4.78, 5) is 5.45. The van der Waals surface area contributed by atoms with Gasteiger partial charge in [0.2, 0.25) is 0 Å². The lowest BCUT2D eigenvalue weighted by Gasteiger charge is -2.20. The van der Waals surface area contributed by atoms with E-state index in [1.54, 1.807) is 0 Å². The van der Waals surface area contributed by atoms with Gasteiger partial charge in [0, 0.05) is 21.7 Å². The summed E-state index contributed by atoms with van der Waals surface area (Å²) in [6.07, 6.45) is 0. The number of para-hydroxylation sites is 1. The number of rotatable bonds is 4. The van der Waals surface area contributed by atoms with Gasteiger partial charge < -0.3 is 0 Å². The molecule has 0 N–H and O–H groups in total. The number of hydrogen-bond acceptors (Lipinski definition) is 1. The van der Waals surface area contributed by atoms with Crippen LogP contribution in [0.15, 0.2) is 224 Å². The van der Waals surface area contributed by atoms with E-state index in [2.05, 4.69) is 224 Å². The van der Waals surface area contributed by atoms with Crippen LogP contribution < -0.4 is 0 Å². The molecule has 0 bridgehead atoms. The summed E-state index contributed by atoms with van der Waals surface area (Å²) in [5.41, 5.74) is 10.4. The number of aromatic nitrogens is 1. The number of nitrogens with zero attached hydrogens (tertiary/aromatic N) is 1. The SMILES string of the molecule is c1ccc2cc(-c3c4ccccc4c(-c4ccc5ccccc5c4)c4cc(-c5cc6c(-c7ccc8ccccc8c7)nc7ccccc7c6c6ccccc56)ccc34)ccc2c1. The van der Waals surface area contributed by atoms with Gasteiger partial charge in [0.15, 0.2) is 0 Å². The molecule has 13 aromatic rings. The van der Waals surface area contributed by atoms with E-state index >= 15 is 0 Å². The summed E-state index contributed by atoms with van der Waals surface area (Å²) in [7, 11) is 0. The van der Waals surface area contributed by atoms with Gasteiger partial charge in [-0.3, -0.25) is 0 Å². The van der Waals surface area contributed by atoms with Gasteiger partial charge >= 0.3 is 0 Å². The van der Waals surface area contributed by atoms with E-state index in [0.29, 0.717) is 0 Å². The smallest absolute Gasteiger partial charge is 0.0788 e. The zero-order valence-corrected chi connectivity index (χ0v) is 33.8. The number of pyridine rings is 1. The van der Waals surface area contributed by atoms with Crippen molar-refractivity contribution in [3.63, 3.8) is 0 Å². The first kappa shape index (κ1) is 34.7. The standard InChI is InChI=1S/C61H37N/c1-4-16-41-33-45(28-25-38(41)13-1)58-50-21-9-10-22-51(50)59(46-29-26-39-14-2-5-17-42(39)34-46)55-36-44(31-32-52(55)58)54-37-56-60(49-20-8-7-19-48(49)54)53-23-11-12-24-57(53)62-61(56)47-30-27-40-15-3-6-18-43(40)35-47/h1-37H. The molecule has 1 heterocycles. The van der Waals surface area contributed by atoms with Crippen molar-refractivity contribution in [2.75, 3.05) is 0 Å². The molecule has 0 aliphatic rings. The predicted molar refractivity (Wildman–Crippen MR) is 266 cm³/mol. The van der Waals surface area contributed by atoms with Crippen LogP contribution in [0.3, 0.4) is 0 Å². The summed E-state index contributed by atoms with van der Waals surface area (Å²) >= 11 is 0. The second kappa shape index (κ2) is 13.7. The Morgan fingerprint density at radius 2 is 0.677 bits per heavy atom. The van der Waals surface area contributed by atoms with Crippen molar-refractivity contribution in [1.82, 2.24) is 4.98 Å². The Hall–Kier alpha value is -8.13. The molecule has 13 rings (SSSR count). The third kappa shape index (κ3) is 5.39. The molecule has 62 heavy (non-hydrogen) atoms.